The minimum atomic E-state index is -0.263. The van der Waals surface area contributed by atoms with Crippen LogP contribution in [0.5, 0.6) is 0 Å². The quantitative estimate of drug-likeness (QED) is 0.840. The lowest BCUT2D eigenvalue weighted by Gasteiger charge is -2.29. The van der Waals surface area contributed by atoms with Crippen LogP contribution in [0.15, 0.2) is 29.1 Å². The first-order chi connectivity index (χ1) is 9.22. The van der Waals surface area contributed by atoms with Crippen molar-refractivity contribution in [3.05, 3.63) is 40.4 Å². The van der Waals surface area contributed by atoms with Gasteiger partial charge in [-0.2, -0.15) is 0 Å². The highest BCUT2D eigenvalue weighted by atomic mass is 16.3. The number of H-pyrrole nitrogens is 1. The number of likely N-dealkylation sites (tertiary alicyclic amines) is 1. The van der Waals surface area contributed by atoms with Crippen LogP contribution in [0.3, 0.4) is 0 Å². The molecule has 1 aromatic heterocycles. The number of aliphatic hydroxyl groups is 1. The van der Waals surface area contributed by atoms with E-state index in [-0.39, 0.29) is 11.7 Å². The van der Waals surface area contributed by atoms with Crippen molar-refractivity contribution in [1.29, 1.82) is 0 Å². The lowest BCUT2D eigenvalue weighted by molar-refractivity contribution is 0.0655. The minimum Gasteiger partial charge on any atom is -0.392 e. The van der Waals surface area contributed by atoms with Crippen LogP contribution >= 0.6 is 0 Å². The second-order valence-corrected chi connectivity index (χ2v) is 5.06. The number of aromatic nitrogens is 2. The van der Waals surface area contributed by atoms with Gasteiger partial charge in [-0.3, -0.25) is 9.69 Å². The first kappa shape index (κ1) is 12.3. The molecular weight excluding hydrogens is 242 g/mol. The second-order valence-electron chi connectivity index (χ2n) is 5.06. The first-order valence-electron chi connectivity index (χ1n) is 6.61. The van der Waals surface area contributed by atoms with E-state index in [0.717, 1.165) is 24.9 Å². The van der Waals surface area contributed by atoms with Gasteiger partial charge in [-0.1, -0.05) is 12.1 Å². The van der Waals surface area contributed by atoms with Gasteiger partial charge >= 0.3 is 0 Å². The molecule has 1 aromatic carbocycles. The molecule has 1 saturated heterocycles. The Hall–Kier alpha value is -1.72. The van der Waals surface area contributed by atoms with Crippen LogP contribution in [0.4, 0.5) is 0 Å². The number of piperidine rings is 1. The fraction of sp³-hybridized carbons (Fsp3) is 0.429. The molecule has 1 atom stereocenters. The van der Waals surface area contributed by atoms with Gasteiger partial charge in [0.15, 0.2) is 0 Å². The summed E-state index contributed by atoms with van der Waals surface area (Å²) in [5.74, 6) is 0.665. The molecule has 3 rings (SSSR count). The van der Waals surface area contributed by atoms with Crippen LogP contribution in [0.25, 0.3) is 10.9 Å². The molecule has 0 saturated carbocycles. The van der Waals surface area contributed by atoms with Gasteiger partial charge in [0.05, 0.1) is 23.6 Å². The molecule has 0 spiro atoms. The molecule has 1 aliphatic rings. The number of β-amino-alcohol motifs (C(OH)–C–C–N with tert-alkyl or cyclic N) is 1. The molecule has 2 aromatic rings. The SMILES string of the molecule is O=c1[nH]c(CN2CCC[C@@H](O)C2)nc2ccccc12. The maximum Gasteiger partial charge on any atom is 0.258 e. The van der Waals surface area contributed by atoms with Crippen molar-refractivity contribution in [2.75, 3.05) is 13.1 Å². The van der Waals surface area contributed by atoms with Crippen molar-refractivity contribution < 1.29 is 5.11 Å². The predicted octanol–water partition coefficient (Wildman–Crippen LogP) is 0.880. The molecule has 1 aliphatic heterocycles. The van der Waals surface area contributed by atoms with Crippen LogP contribution in [-0.2, 0) is 6.54 Å². The van der Waals surface area contributed by atoms with Gasteiger partial charge in [-0.15, -0.1) is 0 Å². The molecule has 19 heavy (non-hydrogen) atoms. The normalized spacial score (nSPS) is 20.8. The molecule has 2 heterocycles. The van der Waals surface area contributed by atoms with Gasteiger partial charge in [0.2, 0.25) is 0 Å². The van der Waals surface area contributed by atoms with E-state index >= 15 is 0 Å². The Kier molecular flexibility index (Phi) is 3.31. The summed E-state index contributed by atoms with van der Waals surface area (Å²) in [7, 11) is 0. The zero-order chi connectivity index (χ0) is 13.2. The van der Waals surface area contributed by atoms with Gasteiger partial charge in [-0.25, -0.2) is 4.98 Å². The molecule has 0 aliphatic carbocycles. The van der Waals surface area contributed by atoms with Gasteiger partial charge in [0.25, 0.3) is 5.56 Å². The van der Waals surface area contributed by atoms with Gasteiger partial charge < -0.3 is 10.1 Å². The average Bonchev–Trinajstić information content (AvgIpc) is 2.39. The lowest BCUT2D eigenvalue weighted by atomic mass is 10.1. The molecule has 1 fully saturated rings. The number of nitrogens with zero attached hydrogens (tertiary/aromatic N) is 2. The molecular formula is C14H17N3O2. The standard InChI is InChI=1S/C14H17N3O2/c18-10-4-3-7-17(8-10)9-13-15-12-6-2-1-5-11(12)14(19)16-13/h1-2,5-6,10,18H,3-4,7-9H2,(H,15,16,19)/t10-/m1/s1. The Balaban J connectivity index is 1.87. The number of hydrogen-bond acceptors (Lipinski definition) is 4. The zero-order valence-electron chi connectivity index (χ0n) is 10.7. The summed E-state index contributed by atoms with van der Waals surface area (Å²) in [5.41, 5.74) is 0.622. The summed E-state index contributed by atoms with van der Waals surface area (Å²) in [5, 5.41) is 10.3. The van der Waals surface area contributed by atoms with E-state index in [1.165, 1.54) is 0 Å². The number of aliphatic hydroxyl groups excluding tert-OH is 1. The van der Waals surface area contributed by atoms with Crippen LogP contribution in [0, 0.1) is 0 Å². The molecule has 0 bridgehead atoms. The summed E-state index contributed by atoms with van der Waals surface area (Å²) >= 11 is 0. The smallest absolute Gasteiger partial charge is 0.258 e. The van der Waals surface area contributed by atoms with E-state index in [4.69, 9.17) is 0 Å². The highest BCUT2D eigenvalue weighted by Gasteiger charge is 2.18. The summed E-state index contributed by atoms with van der Waals surface area (Å²) in [4.78, 5) is 21.4. The maximum atomic E-state index is 11.9. The van der Waals surface area contributed by atoms with E-state index in [0.29, 0.717) is 24.3 Å². The van der Waals surface area contributed by atoms with E-state index in [1.54, 1.807) is 6.07 Å². The molecule has 2 N–H and O–H groups in total. The lowest BCUT2D eigenvalue weighted by Crippen LogP contribution is -2.38. The highest BCUT2D eigenvalue weighted by Crippen LogP contribution is 2.12. The van der Waals surface area contributed by atoms with Crippen LogP contribution in [0.2, 0.25) is 0 Å². The number of hydrogen-bond donors (Lipinski definition) is 2. The number of benzene rings is 1. The third-order valence-electron chi connectivity index (χ3n) is 3.52. The van der Waals surface area contributed by atoms with Gasteiger partial charge in [-0.05, 0) is 31.5 Å². The largest absolute Gasteiger partial charge is 0.392 e. The van der Waals surface area contributed by atoms with E-state index in [2.05, 4.69) is 14.9 Å². The van der Waals surface area contributed by atoms with Crippen molar-refractivity contribution in [2.45, 2.75) is 25.5 Å². The third kappa shape index (κ3) is 2.67. The zero-order valence-corrected chi connectivity index (χ0v) is 10.7. The molecule has 0 amide bonds. The summed E-state index contributed by atoms with van der Waals surface area (Å²) in [6.07, 6.45) is 1.58. The van der Waals surface area contributed by atoms with E-state index < -0.39 is 0 Å². The number of fused-ring (bicyclic) bond motifs is 1. The Morgan fingerprint density at radius 1 is 1.42 bits per heavy atom. The van der Waals surface area contributed by atoms with Crippen LogP contribution < -0.4 is 5.56 Å². The minimum absolute atomic E-state index is 0.0989. The molecule has 5 heteroatoms. The number of nitrogens with one attached hydrogen (secondary N) is 1. The van der Waals surface area contributed by atoms with Crippen molar-refractivity contribution in [3.63, 3.8) is 0 Å². The molecule has 5 nitrogen and oxygen atoms in total. The summed E-state index contributed by atoms with van der Waals surface area (Å²) < 4.78 is 0. The summed E-state index contributed by atoms with van der Waals surface area (Å²) in [6, 6.07) is 7.33. The fourth-order valence-corrected chi connectivity index (χ4v) is 2.60. The monoisotopic (exact) mass is 259 g/mol. The Morgan fingerprint density at radius 2 is 2.26 bits per heavy atom. The van der Waals surface area contributed by atoms with Crippen molar-refractivity contribution in [1.82, 2.24) is 14.9 Å². The first-order valence-corrected chi connectivity index (χ1v) is 6.61. The molecule has 0 unspecified atom stereocenters. The van der Waals surface area contributed by atoms with Crippen molar-refractivity contribution >= 4 is 10.9 Å². The Bertz CT molecular complexity index is 638. The summed E-state index contributed by atoms with van der Waals surface area (Å²) in [6.45, 7) is 2.17. The van der Waals surface area contributed by atoms with Gasteiger partial charge in [0.1, 0.15) is 5.82 Å². The fourth-order valence-electron chi connectivity index (χ4n) is 2.60. The van der Waals surface area contributed by atoms with E-state index in [1.807, 2.05) is 18.2 Å². The number of rotatable bonds is 2. The maximum absolute atomic E-state index is 11.9. The number of aromatic amines is 1. The highest BCUT2D eigenvalue weighted by molar-refractivity contribution is 5.77. The van der Waals surface area contributed by atoms with Gasteiger partial charge in [0, 0.05) is 6.54 Å². The number of para-hydroxylation sites is 1. The Labute approximate surface area is 110 Å². The van der Waals surface area contributed by atoms with Crippen molar-refractivity contribution in [3.8, 4) is 0 Å². The second kappa shape index (κ2) is 5.11. The third-order valence-corrected chi connectivity index (χ3v) is 3.52. The Morgan fingerprint density at radius 3 is 3.11 bits per heavy atom. The topological polar surface area (TPSA) is 69.2 Å². The van der Waals surface area contributed by atoms with Crippen LogP contribution in [0.1, 0.15) is 18.7 Å². The van der Waals surface area contributed by atoms with Crippen LogP contribution in [-0.4, -0.2) is 39.2 Å². The average molecular weight is 259 g/mol. The van der Waals surface area contributed by atoms with E-state index in [9.17, 15) is 9.90 Å². The molecule has 0 radical (unpaired) electrons. The van der Waals surface area contributed by atoms with Crippen molar-refractivity contribution in [2.24, 2.45) is 0 Å². The molecule has 100 valence electrons. The predicted molar refractivity (Wildman–Crippen MR) is 72.9 cm³/mol.